The molecule has 0 aromatic carbocycles. The summed E-state index contributed by atoms with van der Waals surface area (Å²) < 4.78 is 41.8. The van der Waals surface area contributed by atoms with E-state index in [-0.39, 0.29) is 17.6 Å². The molecule has 0 saturated heterocycles. The summed E-state index contributed by atoms with van der Waals surface area (Å²) in [5.74, 6) is 0. The lowest BCUT2D eigenvalue weighted by molar-refractivity contribution is -0.255. The highest BCUT2D eigenvalue weighted by molar-refractivity contribution is 5.02. The van der Waals surface area contributed by atoms with Crippen molar-refractivity contribution in [3.8, 4) is 0 Å². The van der Waals surface area contributed by atoms with Crippen LogP contribution in [0.3, 0.4) is 0 Å². The number of hydrogen-bond acceptors (Lipinski definition) is 2. The number of ether oxygens (including phenoxy) is 1. The second-order valence-electron chi connectivity index (χ2n) is 4.71. The molecule has 0 aromatic heterocycles. The average molecular weight is 225 g/mol. The fraction of sp³-hybridized carbons (Fsp3) is 1.00. The van der Waals surface area contributed by atoms with Gasteiger partial charge in [0.2, 0.25) is 0 Å². The first-order valence-corrected chi connectivity index (χ1v) is 5.09. The molecular formula is C10H18F3NO. The van der Waals surface area contributed by atoms with Gasteiger partial charge in [-0.15, -0.1) is 0 Å². The summed E-state index contributed by atoms with van der Waals surface area (Å²) in [5.41, 5.74) is -0.228. The number of rotatable bonds is 3. The predicted octanol–water partition coefficient (Wildman–Crippen LogP) is 2.34. The highest BCUT2D eigenvalue weighted by Gasteiger charge is 2.51. The topological polar surface area (TPSA) is 21.3 Å². The molecule has 0 bridgehead atoms. The van der Waals surface area contributed by atoms with E-state index < -0.39 is 12.3 Å². The Morgan fingerprint density at radius 2 is 1.93 bits per heavy atom. The summed E-state index contributed by atoms with van der Waals surface area (Å²) in [5, 5.41) is 3.07. The normalized spacial score (nSPS) is 32.2. The van der Waals surface area contributed by atoms with Gasteiger partial charge in [0.15, 0.2) is 6.10 Å². The van der Waals surface area contributed by atoms with Crippen LogP contribution in [0.1, 0.15) is 27.2 Å². The molecule has 1 N–H and O–H groups in total. The molecule has 0 amide bonds. The second-order valence-corrected chi connectivity index (χ2v) is 4.71. The summed E-state index contributed by atoms with van der Waals surface area (Å²) >= 11 is 0. The zero-order chi connectivity index (χ0) is 11.9. The van der Waals surface area contributed by atoms with Gasteiger partial charge in [-0.25, -0.2) is 0 Å². The molecule has 5 heteroatoms. The van der Waals surface area contributed by atoms with Crippen LogP contribution in [0, 0.1) is 5.41 Å². The van der Waals surface area contributed by atoms with E-state index in [0.29, 0.717) is 6.42 Å². The van der Waals surface area contributed by atoms with Gasteiger partial charge in [0.05, 0.1) is 6.10 Å². The van der Waals surface area contributed by atoms with Gasteiger partial charge >= 0.3 is 6.18 Å². The molecule has 15 heavy (non-hydrogen) atoms. The van der Waals surface area contributed by atoms with Crippen molar-refractivity contribution in [3.05, 3.63) is 0 Å². The molecule has 2 nitrogen and oxygen atoms in total. The van der Waals surface area contributed by atoms with Gasteiger partial charge < -0.3 is 10.1 Å². The van der Waals surface area contributed by atoms with Crippen molar-refractivity contribution in [1.29, 1.82) is 0 Å². The fourth-order valence-electron chi connectivity index (χ4n) is 1.93. The third-order valence-electron chi connectivity index (χ3n) is 3.36. The first kappa shape index (κ1) is 12.8. The lowest BCUT2D eigenvalue weighted by atomic mass is 9.64. The number of halogens is 3. The van der Waals surface area contributed by atoms with Crippen LogP contribution >= 0.6 is 0 Å². The molecule has 3 unspecified atom stereocenters. The summed E-state index contributed by atoms with van der Waals surface area (Å²) in [6.45, 7) is 4.90. The molecule has 1 rings (SSSR count). The monoisotopic (exact) mass is 225 g/mol. The molecule has 3 atom stereocenters. The molecular weight excluding hydrogens is 207 g/mol. The standard InChI is InChI=1S/C10H18F3NO/c1-6(10(11,12)13)15-8-5-7(14-4)9(8,2)3/h6-8,14H,5H2,1-4H3. The molecule has 90 valence electrons. The van der Waals surface area contributed by atoms with E-state index in [1.165, 1.54) is 0 Å². The van der Waals surface area contributed by atoms with Crippen molar-refractivity contribution in [1.82, 2.24) is 5.32 Å². The Bertz CT molecular complexity index is 227. The van der Waals surface area contributed by atoms with E-state index in [0.717, 1.165) is 6.92 Å². The molecule has 0 heterocycles. The van der Waals surface area contributed by atoms with Gasteiger partial charge in [-0.2, -0.15) is 13.2 Å². The van der Waals surface area contributed by atoms with Crippen LogP contribution in [-0.2, 0) is 4.74 Å². The molecule has 1 aliphatic rings. The minimum Gasteiger partial charge on any atom is -0.365 e. The van der Waals surface area contributed by atoms with Gasteiger partial charge in [0, 0.05) is 11.5 Å². The Morgan fingerprint density at radius 1 is 1.40 bits per heavy atom. The van der Waals surface area contributed by atoms with Crippen molar-refractivity contribution in [2.24, 2.45) is 5.41 Å². The maximum atomic E-state index is 12.3. The van der Waals surface area contributed by atoms with Gasteiger partial charge in [0.25, 0.3) is 0 Å². The van der Waals surface area contributed by atoms with Crippen LogP contribution in [0.25, 0.3) is 0 Å². The van der Waals surface area contributed by atoms with E-state index in [1.54, 1.807) is 0 Å². The number of nitrogens with one attached hydrogen (secondary N) is 1. The Kier molecular flexibility index (Phi) is 3.36. The van der Waals surface area contributed by atoms with Crippen molar-refractivity contribution in [2.75, 3.05) is 7.05 Å². The largest absolute Gasteiger partial charge is 0.414 e. The zero-order valence-corrected chi connectivity index (χ0v) is 9.48. The lowest BCUT2D eigenvalue weighted by Crippen LogP contribution is -2.61. The fourth-order valence-corrected chi connectivity index (χ4v) is 1.93. The lowest BCUT2D eigenvalue weighted by Gasteiger charge is -2.52. The van der Waals surface area contributed by atoms with E-state index in [2.05, 4.69) is 5.32 Å². The van der Waals surface area contributed by atoms with Crippen LogP contribution in [0.15, 0.2) is 0 Å². The highest BCUT2D eigenvalue weighted by Crippen LogP contribution is 2.44. The van der Waals surface area contributed by atoms with Gasteiger partial charge in [-0.05, 0) is 20.4 Å². The van der Waals surface area contributed by atoms with Crippen LogP contribution in [0.4, 0.5) is 13.2 Å². The number of alkyl halides is 3. The predicted molar refractivity (Wildman–Crippen MR) is 51.6 cm³/mol. The smallest absolute Gasteiger partial charge is 0.365 e. The molecule has 1 saturated carbocycles. The number of hydrogen-bond donors (Lipinski definition) is 1. The maximum absolute atomic E-state index is 12.3. The zero-order valence-electron chi connectivity index (χ0n) is 9.48. The first-order chi connectivity index (χ1) is 6.69. The average Bonchev–Trinajstić information content (AvgIpc) is 2.09. The van der Waals surface area contributed by atoms with E-state index in [9.17, 15) is 13.2 Å². The molecule has 0 aliphatic heterocycles. The van der Waals surface area contributed by atoms with Gasteiger partial charge in [0.1, 0.15) is 0 Å². The summed E-state index contributed by atoms with van der Waals surface area (Å²) in [4.78, 5) is 0. The van der Waals surface area contributed by atoms with Gasteiger partial charge in [-0.1, -0.05) is 13.8 Å². The second kappa shape index (κ2) is 3.94. The Labute approximate surface area is 88.2 Å². The van der Waals surface area contributed by atoms with Gasteiger partial charge in [-0.3, -0.25) is 0 Å². The quantitative estimate of drug-likeness (QED) is 0.796. The molecule has 0 radical (unpaired) electrons. The van der Waals surface area contributed by atoms with Crippen LogP contribution < -0.4 is 5.32 Å². The van der Waals surface area contributed by atoms with E-state index >= 15 is 0 Å². The Balaban J connectivity index is 2.49. The van der Waals surface area contributed by atoms with Crippen molar-refractivity contribution in [2.45, 2.75) is 51.6 Å². The summed E-state index contributed by atoms with van der Waals surface area (Å²) in [6.07, 6.45) is -5.61. The summed E-state index contributed by atoms with van der Waals surface area (Å²) in [6, 6.07) is 0.239. The SMILES string of the molecule is CNC1CC(OC(C)C(F)(F)F)C1(C)C. The van der Waals surface area contributed by atoms with E-state index in [4.69, 9.17) is 4.74 Å². The van der Waals surface area contributed by atoms with Crippen LogP contribution in [-0.4, -0.2) is 31.5 Å². The van der Waals surface area contributed by atoms with Crippen LogP contribution in [0.2, 0.25) is 0 Å². The van der Waals surface area contributed by atoms with Crippen molar-refractivity contribution in [3.63, 3.8) is 0 Å². The molecule has 0 aromatic rings. The minimum absolute atomic E-state index is 0.228. The van der Waals surface area contributed by atoms with Crippen molar-refractivity contribution < 1.29 is 17.9 Å². The summed E-state index contributed by atoms with van der Waals surface area (Å²) in [7, 11) is 1.82. The Hall–Kier alpha value is -0.290. The van der Waals surface area contributed by atoms with Crippen molar-refractivity contribution >= 4 is 0 Å². The van der Waals surface area contributed by atoms with Crippen LogP contribution in [0.5, 0.6) is 0 Å². The Morgan fingerprint density at radius 3 is 2.27 bits per heavy atom. The molecule has 1 aliphatic carbocycles. The highest BCUT2D eigenvalue weighted by atomic mass is 19.4. The maximum Gasteiger partial charge on any atom is 0.414 e. The first-order valence-electron chi connectivity index (χ1n) is 5.09. The molecule has 0 spiro atoms. The minimum atomic E-state index is -4.26. The third-order valence-corrected chi connectivity index (χ3v) is 3.36. The third kappa shape index (κ3) is 2.45. The molecule has 1 fully saturated rings. The van der Waals surface area contributed by atoms with E-state index in [1.807, 2.05) is 20.9 Å².